The molecule has 3 aromatic rings. The van der Waals surface area contributed by atoms with Gasteiger partial charge in [0.15, 0.2) is 15.6 Å². The second-order valence-electron chi connectivity index (χ2n) is 4.64. The smallest absolute Gasteiger partial charge is 0.322 e. The number of sulfone groups is 1. The average Bonchev–Trinajstić information content (AvgIpc) is 3.17. The fourth-order valence-electron chi connectivity index (χ4n) is 1.81. The molecule has 1 N–H and O–H groups in total. The van der Waals surface area contributed by atoms with Gasteiger partial charge < -0.3 is 8.83 Å². The predicted octanol–water partition coefficient (Wildman–Crippen LogP) is 1.99. The van der Waals surface area contributed by atoms with E-state index in [0.29, 0.717) is 5.76 Å². The van der Waals surface area contributed by atoms with Crippen molar-refractivity contribution in [3.63, 3.8) is 0 Å². The number of benzene rings is 1. The number of anilines is 1. The molecule has 9 heteroatoms. The van der Waals surface area contributed by atoms with E-state index < -0.39 is 15.7 Å². The minimum atomic E-state index is -3.40. The maximum atomic E-state index is 12.1. The molecule has 0 fully saturated rings. The van der Waals surface area contributed by atoms with Gasteiger partial charge in [-0.15, -0.1) is 5.10 Å². The maximum absolute atomic E-state index is 12.1. The molecule has 0 bridgehead atoms. The van der Waals surface area contributed by atoms with E-state index in [1.165, 1.54) is 30.5 Å². The van der Waals surface area contributed by atoms with Crippen LogP contribution >= 0.6 is 0 Å². The van der Waals surface area contributed by atoms with E-state index >= 15 is 0 Å². The van der Waals surface area contributed by atoms with Crippen molar-refractivity contribution in [3.05, 3.63) is 48.2 Å². The fourth-order valence-corrected chi connectivity index (χ4v) is 2.48. The van der Waals surface area contributed by atoms with Crippen LogP contribution in [0.5, 0.6) is 0 Å². The average molecular weight is 333 g/mol. The lowest BCUT2D eigenvalue weighted by Gasteiger charge is -2.03. The molecule has 1 aromatic carbocycles. The summed E-state index contributed by atoms with van der Waals surface area (Å²) in [5.41, 5.74) is 0.158. The van der Waals surface area contributed by atoms with Crippen LogP contribution in [-0.4, -0.2) is 30.8 Å². The van der Waals surface area contributed by atoms with Gasteiger partial charge in [-0.3, -0.25) is 10.1 Å². The normalized spacial score (nSPS) is 11.3. The summed E-state index contributed by atoms with van der Waals surface area (Å²) in [7, 11) is -3.40. The summed E-state index contributed by atoms with van der Waals surface area (Å²) in [5, 5.41) is 9.83. The molecule has 118 valence electrons. The highest BCUT2D eigenvalue weighted by Gasteiger charge is 2.16. The van der Waals surface area contributed by atoms with E-state index in [2.05, 4.69) is 15.5 Å². The number of amides is 1. The van der Waals surface area contributed by atoms with Gasteiger partial charge in [-0.1, -0.05) is 11.2 Å². The Bertz CT molecular complexity index is 944. The first-order chi connectivity index (χ1) is 10.9. The topological polar surface area (TPSA) is 115 Å². The Morgan fingerprint density at radius 2 is 2.00 bits per heavy atom. The molecular formula is C14H11N3O5S. The number of hydrogen-bond donors (Lipinski definition) is 1. The molecule has 2 aromatic heterocycles. The molecule has 23 heavy (non-hydrogen) atoms. The van der Waals surface area contributed by atoms with Crippen molar-refractivity contribution >= 4 is 21.8 Å². The van der Waals surface area contributed by atoms with Crippen molar-refractivity contribution in [3.8, 4) is 11.7 Å². The first-order valence-corrected chi connectivity index (χ1v) is 8.31. The number of nitrogens with zero attached hydrogens (tertiary/aromatic N) is 2. The zero-order valence-electron chi connectivity index (χ0n) is 11.9. The van der Waals surface area contributed by atoms with E-state index in [1.807, 2.05) is 0 Å². The Hall–Kier alpha value is -2.94. The third-order valence-electron chi connectivity index (χ3n) is 2.90. The van der Waals surface area contributed by atoms with Gasteiger partial charge in [-0.25, -0.2) is 8.42 Å². The summed E-state index contributed by atoms with van der Waals surface area (Å²) in [4.78, 5) is 12.2. The Kier molecular flexibility index (Phi) is 3.70. The first kappa shape index (κ1) is 15.0. The number of carbonyl (C=O) groups excluding carboxylic acids is 1. The van der Waals surface area contributed by atoms with Crippen molar-refractivity contribution in [2.75, 3.05) is 11.6 Å². The molecule has 0 atom stereocenters. The highest BCUT2D eigenvalue weighted by molar-refractivity contribution is 7.90. The number of rotatable bonds is 4. The Morgan fingerprint density at radius 3 is 2.70 bits per heavy atom. The molecule has 0 spiro atoms. The van der Waals surface area contributed by atoms with Gasteiger partial charge in [0.05, 0.1) is 11.2 Å². The summed E-state index contributed by atoms with van der Waals surface area (Å²) in [6.07, 6.45) is 2.52. The molecular weight excluding hydrogens is 322 g/mol. The first-order valence-electron chi connectivity index (χ1n) is 6.42. The van der Waals surface area contributed by atoms with Crippen molar-refractivity contribution in [1.82, 2.24) is 10.2 Å². The largest absolute Gasteiger partial charge is 0.459 e. The van der Waals surface area contributed by atoms with Crippen LogP contribution in [0.15, 0.2) is 56.4 Å². The zero-order chi connectivity index (χ0) is 16.4. The van der Waals surface area contributed by atoms with E-state index in [0.717, 1.165) is 6.26 Å². The number of furan rings is 1. The molecule has 0 saturated carbocycles. The molecule has 3 rings (SSSR count). The maximum Gasteiger partial charge on any atom is 0.322 e. The van der Waals surface area contributed by atoms with E-state index in [1.54, 1.807) is 12.1 Å². The number of nitrogens with one attached hydrogen (secondary N) is 1. The van der Waals surface area contributed by atoms with Crippen LogP contribution in [0.3, 0.4) is 0 Å². The van der Waals surface area contributed by atoms with Crippen LogP contribution in [0, 0.1) is 0 Å². The van der Waals surface area contributed by atoms with Crippen LogP contribution in [0.2, 0.25) is 0 Å². The zero-order valence-corrected chi connectivity index (χ0v) is 12.7. The Labute approximate surface area is 131 Å². The van der Waals surface area contributed by atoms with Crippen LogP contribution in [0.4, 0.5) is 6.01 Å². The molecule has 0 aliphatic carbocycles. The van der Waals surface area contributed by atoms with Crippen LogP contribution in [-0.2, 0) is 9.84 Å². The molecule has 0 saturated heterocycles. The van der Waals surface area contributed by atoms with Gasteiger partial charge in [0, 0.05) is 11.8 Å². The Balaban J connectivity index is 1.80. The molecule has 8 nitrogen and oxygen atoms in total. The fraction of sp³-hybridized carbons (Fsp3) is 0.0714. The van der Waals surface area contributed by atoms with Crippen molar-refractivity contribution in [2.45, 2.75) is 4.90 Å². The summed E-state index contributed by atoms with van der Waals surface area (Å²) in [6.45, 7) is 0. The van der Waals surface area contributed by atoms with Gasteiger partial charge in [-0.05, 0) is 30.3 Å². The van der Waals surface area contributed by atoms with Gasteiger partial charge in [0.1, 0.15) is 0 Å². The summed E-state index contributed by atoms with van der Waals surface area (Å²) < 4.78 is 33.4. The lowest BCUT2D eigenvalue weighted by molar-refractivity contribution is 0.102. The Morgan fingerprint density at radius 1 is 1.17 bits per heavy atom. The van der Waals surface area contributed by atoms with Crippen molar-refractivity contribution < 1.29 is 22.0 Å². The lowest BCUT2D eigenvalue weighted by Crippen LogP contribution is -2.13. The lowest BCUT2D eigenvalue weighted by atomic mass is 10.2. The third kappa shape index (κ3) is 3.29. The molecule has 1 amide bonds. The number of carbonyl (C=O) groups is 1. The van der Waals surface area contributed by atoms with E-state index in [4.69, 9.17) is 8.83 Å². The number of hydrogen-bond acceptors (Lipinski definition) is 7. The van der Waals surface area contributed by atoms with E-state index in [-0.39, 0.29) is 22.4 Å². The molecule has 0 aliphatic heterocycles. The minimum Gasteiger partial charge on any atom is -0.459 e. The van der Waals surface area contributed by atoms with Gasteiger partial charge in [0.25, 0.3) is 11.8 Å². The summed E-state index contributed by atoms with van der Waals surface area (Å²) >= 11 is 0. The van der Waals surface area contributed by atoms with Crippen LogP contribution in [0.1, 0.15) is 10.4 Å². The molecule has 0 aliphatic rings. The highest BCUT2D eigenvalue weighted by atomic mass is 32.2. The number of aromatic nitrogens is 2. The monoisotopic (exact) mass is 333 g/mol. The van der Waals surface area contributed by atoms with Crippen molar-refractivity contribution in [2.24, 2.45) is 0 Å². The molecule has 0 radical (unpaired) electrons. The van der Waals surface area contributed by atoms with Crippen molar-refractivity contribution in [1.29, 1.82) is 0 Å². The van der Waals surface area contributed by atoms with E-state index in [9.17, 15) is 13.2 Å². The van der Waals surface area contributed by atoms with Crippen LogP contribution in [0.25, 0.3) is 11.7 Å². The predicted molar refractivity (Wildman–Crippen MR) is 79.5 cm³/mol. The SMILES string of the molecule is CS(=O)(=O)c1cccc(C(=O)Nc2nnc(-c3ccco3)o2)c1. The van der Waals surface area contributed by atoms with Gasteiger partial charge in [0.2, 0.25) is 0 Å². The standard InChI is InChI=1S/C14H11N3O5S/c1-23(19,20)10-5-2-4-9(8-10)12(18)15-14-17-16-13(22-14)11-6-3-7-21-11/h2-8H,1H3,(H,15,17,18). The molecule has 0 unspecified atom stereocenters. The van der Waals surface area contributed by atoms with Gasteiger partial charge in [-0.2, -0.15) is 0 Å². The quantitative estimate of drug-likeness (QED) is 0.776. The highest BCUT2D eigenvalue weighted by Crippen LogP contribution is 2.20. The minimum absolute atomic E-state index is 0.0481. The summed E-state index contributed by atoms with van der Waals surface area (Å²) in [6, 6.07) is 8.82. The molecule has 2 heterocycles. The third-order valence-corrected chi connectivity index (χ3v) is 4.01. The summed E-state index contributed by atoms with van der Waals surface area (Å²) in [5.74, 6) is -0.0718. The second-order valence-corrected chi connectivity index (χ2v) is 6.66. The second kappa shape index (κ2) is 5.69. The van der Waals surface area contributed by atoms with Crippen LogP contribution < -0.4 is 5.32 Å². The van der Waals surface area contributed by atoms with Gasteiger partial charge >= 0.3 is 6.01 Å².